The fourth-order valence-corrected chi connectivity index (χ4v) is 4.06. The molecule has 0 aromatic carbocycles. The lowest BCUT2D eigenvalue weighted by Gasteiger charge is -2.29. The van der Waals surface area contributed by atoms with E-state index in [-0.39, 0.29) is 6.10 Å². The van der Waals surface area contributed by atoms with Crippen molar-refractivity contribution in [3.63, 3.8) is 0 Å². The van der Waals surface area contributed by atoms with Gasteiger partial charge in [0.25, 0.3) is 0 Å². The van der Waals surface area contributed by atoms with Crippen molar-refractivity contribution in [2.24, 2.45) is 5.73 Å². The van der Waals surface area contributed by atoms with Crippen molar-refractivity contribution in [1.29, 1.82) is 0 Å². The summed E-state index contributed by atoms with van der Waals surface area (Å²) in [6, 6.07) is 0.800. The molecule has 1 unspecified atom stereocenters. The molecule has 0 saturated carbocycles. The van der Waals surface area contributed by atoms with Crippen LogP contribution in [0, 0.1) is 0 Å². The minimum atomic E-state index is -2.47. The molecule has 0 radical (unpaired) electrons. The van der Waals surface area contributed by atoms with Gasteiger partial charge in [0.2, 0.25) is 0 Å². The molecular formula is C12H29NO3Si. The summed E-state index contributed by atoms with van der Waals surface area (Å²) in [5.74, 6) is 0. The molecule has 0 fully saturated rings. The van der Waals surface area contributed by atoms with Gasteiger partial charge in [0.05, 0.1) is 0 Å². The van der Waals surface area contributed by atoms with Gasteiger partial charge >= 0.3 is 8.80 Å². The van der Waals surface area contributed by atoms with Crippen LogP contribution in [-0.4, -0.2) is 35.7 Å². The maximum absolute atomic E-state index is 6.02. The summed E-state index contributed by atoms with van der Waals surface area (Å²) in [5.41, 5.74) is 5.53. The van der Waals surface area contributed by atoms with Crippen LogP contribution < -0.4 is 5.73 Å². The number of hydrogen-bond donors (Lipinski definition) is 1. The van der Waals surface area contributed by atoms with Crippen LogP contribution in [0.15, 0.2) is 0 Å². The molecule has 17 heavy (non-hydrogen) atoms. The Kier molecular flexibility index (Phi) is 10.1. The molecule has 2 N–H and O–H groups in total. The zero-order valence-corrected chi connectivity index (χ0v) is 12.8. The quantitative estimate of drug-likeness (QED) is 0.460. The Morgan fingerprint density at radius 2 is 1.76 bits per heavy atom. The highest BCUT2D eigenvalue weighted by Gasteiger charge is 2.39. The van der Waals surface area contributed by atoms with Crippen molar-refractivity contribution < 1.29 is 13.3 Å². The molecule has 5 heteroatoms. The summed E-state index contributed by atoms with van der Waals surface area (Å²) in [7, 11) is 0.876. The summed E-state index contributed by atoms with van der Waals surface area (Å²) >= 11 is 0. The van der Waals surface area contributed by atoms with E-state index in [1.807, 2.05) is 0 Å². The van der Waals surface area contributed by atoms with Crippen molar-refractivity contribution in [2.75, 3.05) is 20.8 Å². The monoisotopic (exact) mass is 263 g/mol. The minimum Gasteiger partial charge on any atom is -0.377 e. The third kappa shape index (κ3) is 7.16. The molecule has 0 heterocycles. The Balaban J connectivity index is 4.12. The van der Waals surface area contributed by atoms with Crippen molar-refractivity contribution in [3.8, 4) is 0 Å². The van der Waals surface area contributed by atoms with Crippen molar-refractivity contribution >= 4 is 8.80 Å². The highest BCUT2D eigenvalue weighted by atomic mass is 28.4. The molecule has 0 aliphatic carbocycles. The van der Waals surface area contributed by atoms with Crippen molar-refractivity contribution in [2.45, 2.75) is 58.1 Å². The first-order valence-corrected chi connectivity index (χ1v) is 8.55. The van der Waals surface area contributed by atoms with E-state index in [4.69, 9.17) is 19.0 Å². The van der Waals surface area contributed by atoms with Crippen LogP contribution in [0.5, 0.6) is 0 Å². The summed E-state index contributed by atoms with van der Waals surface area (Å²) < 4.78 is 17.0. The number of hydrogen-bond acceptors (Lipinski definition) is 4. The van der Waals surface area contributed by atoms with Crippen LogP contribution in [0.3, 0.4) is 0 Å². The Hall–Kier alpha value is 0.0569. The molecule has 0 rings (SSSR count). The maximum Gasteiger partial charge on any atom is 0.500 e. The second-order valence-corrected chi connectivity index (χ2v) is 7.33. The Bertz CT molecular complexity index is 177. The molecule has 0 amide bonds. The average Bonchev–Trinajstić information content (AvgIpc) is 2.35. The van der Waals surface area contributed by atoms with E-state index in [9.17, 15) is 0 Å². The molecular weight excluding hydrogens is 234 g/mol. The van der Waals surface area contributed by atoms with Crippen LogP contribution in [0.25, 0.3) is 0 Å². The van der Waals surface area contributed by atoms with Crippen LogP contribution in [0.1, 0.15) is 46.0 Å². The highest BCUT2D eigenvalue weighted by Crippen LogP contribution is 2.20. The second kappa shape index (κ2) is 10.0. The lowest BCUT2D eigenvalue weighted by molar-refractivity contribution is 0.0577. The third-order valence-electron chi connectivity index (χ3n) is 2.90. The Morgan fingerprint density at radius 3 is 2.24 bits per heavy atom. The van der Waals surface area contributed by atoms with E-state index in [1.165, 1.54) is 19.3 Å². The topological polar surface area (TPSA) is 53.7 Å². The predicted octanol–water partition coefficient (Wildman–Crippen LogP) is 2.55. The van der Waals surface area contributed by atoms with Crippen molar-refractivity contribution in [1.82, 2.24) is 0 Å². The van der Waals surface area contributed by atoms with Gasteiger partial charge in [-0.1, -0.05) is 26.2 Å². The van der Waals surface area contributed by atoms with Crippen LogP contribution in [-0.2, 0) is 13.3 Å². The molecule has 1 atom stereocenters. The van der Waals surface area contributed by atoms with Crippen LogP contribution in [0.4, 0.5) is 0 Å². The standard InChI is InChI=1S/C12H29NO3Si/c1-5-6-7-9-12(2)16-17(14-3,15-4)11-8-10-13/h12H,5-11,13H2,1-4H3. The van der Waals surface area contributed by atoms with Gasteiger partial charge in [0, 0.05) is 26.4 Å². The smallest absolute Gasteiger partial charge is 0.377 e. The zero-order valence-electron chi connectivity index (χ0n) is 11.8. The van der Waals surface area contributed by atoms with Gasteiger partial charge in [-0.2, -0.15) is 0 Å². The Morgan fingerprint density at radius 1 is 1.12 bits per heavy atom. The molecule has 0 bridgehead atoms. The second-order valence-electron chi connectivity index (χ2n) is 4.41. The summed E-state index contributed by atoms with van der Waals surface area (Å²) in [4.78, 5) is 0. The van der Waals surface area contributed by atoms with Gasteiger partial charge in [-0.05, 0) is 26.3 Å². The zero-order chi connectivity index (χ0) is 13.1. The normalized spacial score (nSPS) is 13.9. The SMILES string of the molecule is CCCCCC(C)O[Si](CCCN)(OC)OC. The van der Waals surface area contributed by atoms with Crippen LogP contribution in [0.2, 0.25) is 6.04 Å². The van der Waals surface area contributed by atoms with Gasteiger partial charge in [-0.3, -0.25) is 0 Å². The van der Waals surface area contributed by atoms with Gasteiger partial charge in [0.15, 0.2) is 0 Å². The van der Waals surface area contributed by atoms with Gasteiger partial charge in [-0.25, -0.2) is 0 Å². The van der Waals surface area contributed by atoms with E-state index in [0.717, 1.165) is 18.9 Å². The van der Waals surface area contributed by atoms with E-state index in [0.29, 0.717) is 6.54 Å². The molecule has 0 spiro atoms. The first-order valence-electron chi connectivity index (χ1n) is 6.62. The van der Waals surface area contributed by atoms with E-state index >= 15 is 0 Å². The molecule has 0 aromatic heterocycles. The molecule has 0 aliphatic rings. The Labute approximate surface area is 107 Å². The molecule has 104 valence electrons. The first-order chi connectivity index (χ1) is 8.14. The molecule has 0 aliphatic heterocycles. The van der Waals surface area contributed by atoms with Crippen molar-refractivity contribution in [3.05, 3.63) is 0 Å². The fraction of sp³-hybridized carbons (Fsp3) is 1.00. The minimum absolute atomic E-state index is 0.200. The van der Waals surface area contributed by atoms with E-state index in [1.54, 1.807) is 14.2 Å². The number of rotatable bonds is 11. The first kappa shape index (κ1) is 17.1. The number of unbranched alkanes of at least 4 members (excludes halogenated alkanes) is 2. The van der Waals surface area contributed by atoms with Gasteiger partial charge in [0.1, 0.15) is 0 Å². The lowest BCUT2D eigenvalue weighted by atomic mass is 10.1. The molecule has 4 nitrogen and oxygen atoms in total. The number of nitrogens with two attached hydrogens (primary N) is 1. The molecule has 0 saturated heterocycles. The summed E-state index contributed by atoms with van der Waals surface area (Å²) in [6.07, 6.45) is 5.84. The van der Waals surface area contributed by atoms with Gasteiger partial charge < -0.3 is 19.0 Å². The lowest BCUT2D eigenvalue weighted by Crippen LogP contribution is -2.46. The predicted molar refractivity (Wildman–Crippen MR) is 72.9 cm³/mol. The summed E-state index contributed by atoms with van der Waals surface area (Å²) in [6.45, 7) is 4.95. The third-order valence-corrected chi connectivity index (χ3v) is 5.88. The van der Waals surface area contributed by atoms with Crippen LogP contribution >= 0.6 is 0 Å². The highest BCUT2D eigenvalue weighted by molar-refractivity contribution is 6.60. The van der Waals surface area contributed by atoms with Gasteiger partial charge in [-0.15, -0.1) is 0 Å². The maximum atomic E-state index is 6.02. The summed E-state index contributed by atoms with van der Waals surface area (Å²) in [5, 5.41) is 0. The average molecular weight is 263 g/mol. The molecule has 0 aromatic rings. The van der Waals surface area contributed by atoms with E-state index < -0.39 is 8.80 Å². The largest absolute Gasteiger partial charge is 0.500 e. The van der Waals surface area contributed by atoms with E-state index in [2.05, 4.69) is 13.8 Å². The fourth-order valence-electron chi connectivity index (χ4n) is 1.81.